The van der Waals surface area contributed by atoms with Crippen molar-refractivity contribution in [3.05, 3.63) is 106 Å². The molecule has 6 nitrogen and oxygen atoms in total. The summed E-state index contributed by atoms with van der Waals surface area (Å²) in [6, 6.07) is 25.0. The molecule has 0 spiro atoms. The zero-order valence-electron chi connectivity index (χ0n) is 17.1. The number of hydrogen-bond donors (Lipinski definition) is 0. The van der Waals surface area contributed by atoms with E-state index in [1.807, 2.05) is 66.7 Å². The predicted molar refractivity (Wildman–Crippen MR) is 119 cm³/mol. The molecule has 0 saturated heterocycles. The van der Waals surface area contributed by atoms with E-state index < -0.39 is 12.0 Å². The molecule has 0 aliphatic carbocycles. The summed E-state index contributed by atoms with van der Waals surface area (Å²) in [5.41, 5.74) is 2.98. The maximum Gasteiger partial charge on any atom is 0.331 e. The maximum absolute atomic E-state index is 12.8. The molecular formula is C25H21N3O3. The molecule has 0 fully saturated rings. The van der Waals surface area contributed by atoms with E-state index in [4.69, 9.17) is 9.73 Å². The quantitative estimate of drug-likeness (QED) is 0.297. The number of hydrogen-bond acceptors (Lipinski definition) is 6. The van der Waals surface area contributed by atoms with Crippen LogP contribution in [0.4, 0.5) is 5.69 Å². The molecule has 0 aromatic heterocycles. The minimum atomic E-state index is -0.912. The second-order valence-electron chi connectivity index (χ2n) is 6.70. The van der Waals surface area contributed by atoms with E-state index in [0.717, 1.165) is 11.1 Å². The predicted octanol–water partition coefficient (Wildman–Crippen LogP) is 4.97. The van der Waals surface area contributed by atoms with Crippen LogP contribution >= 0.6 is 0 Å². The topological polar surface area (TPSA) is 91.9 Å². The Kier molecular flexibility index (Phi) is 7.39. The first-order valence-electron chi connectivity index (χ1n) is 9.88. The largest absolute Gasteiger partial charge is 0.464 e. The summed E-state index contributed by atoms with van der Waals surface area (Å²) in [5, 5.41) is 12.3. The van der Waals surface area contributed by atoms with Crippen molar-refractivity contribution in [1.29, 1.82) is 5.26 Å². The van der Waals surface area contributed by atoms with Gasteiger partial charge < -0.3 is 4.74 Å². The Hall–Kier alpha value is -4.11. The van der Waals surface area contributed by atoms with Crippen LogP contribution in [0.2, 0.25) is 0 Å². The van der Waals surface area contributed by atoms with Crippen molar-refractivity contribution in [3.63, 3.8) is 0 Å². The number of benzene rings is 3. The summed E-state index contributed by atoms with van der Waals surface area (Å²) in [4.78, 5) is 29.0. The molecule has 1 atom stereocenters. The maximum atomic E-state index is 12.8. The number of rotatable bonds is 8. The molecule has 154 valence electrons. The number of nitroso groups, excluding NO2 is 1. The SMILES string of the molecule is CCOC(=O)C(Cc1cccc(C#N)c1N=O)N=C(c1ccccc1)c1ccccc1. The Morgan fingerprint density at radius 3 is 2.10 bits per heavy atom. The summed E-state index contributed by atoms with van der Waals surface area (Å²) in [5.74, 6) is -0.508. The van der Waals surface area contributed by atoms with Gasteiger partial charge in [-0.2, -0.15) is 5.26 Å². The fraction of sp³-hybridized carbons (Fsp3) is 0.160. The second-order valence-corrected chi connectivity index (χ2v) is 6.70. The molecule has 0 N–H and O–H groups in total. The van der Waals surface area contributed by atoms with Crippen molar-refractivity contribution in [1.82, 2.24) is 0 Å². The van der Waals surface area contributed by atoms with Gasteiger partial charge in [-0.25, -0.2) is 4.79 Å². The van der Waals surface area contributed by atoms with E-state index in [1.165, 1.54) is 6.07 Å². The third kappa shape index (κ3) is 5.28. The highest BCUT2D eigenvalue weighted by Gasteiger charge is 2.24. The highest BCUT2D eigenvalue weighted by molar-refractivity contribution is 6.13. The zero-order chi connectivity index (χ0) is 22.1. The molecule has 31 heavy (non-hydrogen) atoms. The molecule has 0 aliphatic heterocycles. The second kappa shape index (κ2) is 10.6. The van der Waals surface area contributed by atoms with Crippen LogP contribution in [0.3, 0.4) is 0 Å². The molecule has 3 rings (SSSR count). The summed E-state index contributed by atoms with van der Waals surface area (Å²) >= 11 is 0. The molecule has 6 heteroatoms. The molecule has 0 heterocycles. The molecule has 3 aromatic carbocycles. The number of aliphatic imine (C=N–C) groups is 1. The summed E-state index contributed by atoms with van der Waals surface area (Å²) < 4.78 is 5.26. The first kappa shape index (κ1) is 21.6. The van der Waals surface area contributed by atoms with Crippen LogP contribution < -0.4 is 0 Å². The third-order valence-corrected chi connectivity index (χ3v) is 4.68. The minimum absolute atomic E-state index is 0.0236. The van der Waals surface area contributed by atoms with Crippen molar-refractivity contribution in [2.45, 2.75) is 19.4 Å². The van der Waals surface area contributed by atoms with Crippen molar-refractivity contribution >= 4 is 17.4 Å². The third-order valence-electron chi connectivity index (χ3n) is 4.68. The number of esters is 1. The van der Waals surface area contributed by atoms with E-state index in [2.05, 4.69) is 5.18 Å². The number of carbonyl (C=O) groups is 1. The summed E-state index contributed by atoms with van der Waals surface area (Å²) in [6.07, 6.45) is 0.0819. The molecule has 1 unspecified atom stereocenters. The van der Waals surface area contributed by atoms with Gasteiger partial charge in [-0.1, -0.05) is 72.8 Å². The normalized spacial score (nSPS) is 11.1. The van der Waals surface area contributed by atoms with Gasteiger partial charge in [0.05, 0.1) is 17.9 Å². The van der Waals surface area contributed by atoms with Gasteiger partial charge in [-0.05, 0) is 23.7 Å². The Labute approximate surface area is 180 Å². The molecule has 3 aromatic rings. The molecule has 0 bridgehead atoms. The van der Waals surface area contributed by atoms with Gasteiger partial charge >= 0.3 is 5.97 Å². The van der Waals surface area contributed by atoms with Gasteiger partial charge in [0.25, 0.3) is 0 Å². The smallest absolute Gasteiger partial charge is 0.331 e. The van der Waals surface area contributed by atoms with Crippen molar-refractivity contribution < 1.29 is 9.53 Å². The van der Waals surface area contributed by atoms with E-state index >= 15 is 0 Å². The van der Waals surface area contributed by atoms with Crippen LogP contribution in [0, 0.1) is 16.2 Å². The van der Waals surface area contributed by atoms with Crippen molar-refractivity contribution in [2.24, 2.45) is 10.2 Å². The number of nitrogens with zero attached hydrogens (tertiary/aromatic N) is 3. The average molecular weight is 411 g/mol. The number of carbonyl (C=O) groups excluding carboxylic acids is 1. The first-order valence-corrected chi connectivity index (χ1v) is 9.88. The number of nitriles is 1. The summed E-state index contributed by atoms with van der Waals surface area (Å²) in [6.45, 7) is 1.93. The fourth-order valence-corrected chi connectivity index (χ4v) is 3.25. The first-order chi connectivity index (χ1) is 15.2. The van der Waals surface area contributed by atoms with E-state index in [1.54, 1.807) is 19.1 Å². The monoisotopic (exact) mass is 411 g/mol. The molecule has 0 saturated carbocycles. The Bertz CT molecular complexity index is 1080. The lowest BCUT2D eigenvalue weighted by molar-refractivity contribution is -0.144. The molecule has 0 radical (unpaired) electrons. The van der Waals surface area contributed by atoms with Gasteiger partial charge in [-0.15, -0.1) is 4.91 Å². The van der Waals surface area contributed by atoms with Crippen LogP contribution in [0.15, 0.2) is 89.0 Å². The van der Waals surface area contributed by atoms with Crippen LogP contribution in [-0.2, 0) is 16.0 Å². The van der Waals surface area contributed by atoms with Crippen LogP contribution in [-0.4, -0.2) is 24.3 Å². The molecule has 0 amide bonds. The highest BCUT2D eigenvalue weighted by atomic mass is 16.5. The van der Waals surface area contributed by atoms with E-state index in [0.29, 0.717) is 11.3 Å². The fourth-order valence-electron chi connectivity index (χ4n) is 3.25. The average Bonchev–Trinajstić information content (AvgIpc) is 2.82. The number of ether oxygens (including phenoxy) is 1. The zero-order valence-corrected chi connectivity index (χ0v) is 17.1. The minimum Gasteiger partial charge on any atom is -0.464 e. The Balaban J connectivity index is 2.11. The van der Waals surface area contributed by atoms with Crippen molar-refractivity contribution in [2.75, 3.05) is 6.61 Å². The molecule has 0 aliphatic rings. The standard InChI is InChI=1S/C25H21N3O3/c1-2-31-25(29)22(16-20-14-9-15-21(17-26)24(20)28-30)27-23(18-10-5-3-6-11-18)19-12-7-4-8-13-19/h3-15,22H,2,16H2,1H3. The van der Waals surface area contributed by atoms with Gasteiger partial charge in [-0.3, -0.25) is 4.99 Å². The van der Waals surface area contributed by atoms with Gasteiger partial charge in [0.15, 0.2) is 6.04 Å². The van der Waals surface area contributed by atoms with Crippen LogP contribution in [0.25, 0.3) is 0 Å². The highest BCUT2D eigenvalue weighted by Crippen LogP contribution is 2.26. The molecular weight excluding hydrogens is 390 g/mol. The lowest BCUT2D eigenvalue weighted by atomic mass is 9.99. The van der Waals surface area contributed by atoms with E-state index in [9.17, 15) is 15.0 Å². The van der Waals surface area contributed by atoms with Crippen LogP contribution in [0.1, 0.15) is 29.2 Å². The van der Waals surface area contributed by atoms with Gasteiger partial charge in [0, 0.05) is 17.5 Å². The Morgan fingerprint density at radius 1 is 0.968 bits per heavy atom. The van der Waals surface area contributed by atoms with Crippen LogP contribution in [0.5, 0.6) is 0 Å². The van der Waals surface area contributed by atoms with Gasteiger partial charge in [0.2, 0.25) is 0 Å². The van der Waals surface area contributed by atoms with E-state index in [-0.39, 0.29) is 24.3 Å². The summed E-state index contributed by atoms with van der Waals surface area (Å²) in [7, 11) is 0. The van der Waals surface area contributed by atoms with Gasteiger partial charge in [0.1, 0.15) is 11.8 Å². The lowest BCUT2D eigenvalue weighted by Crippen LogP contribution is -2.26. The lowest BCUT2D eigenvalue weighted by Gasteiger charge is -2.16. The Morgan fingerprint density at radius 2 is 1.58 bits per heavy atom. The van der Waals surface area contributed by atoms with Crippen molar-refractivity contribution in [3.8, 4) is 6.07 Å².